The number of carbonyl (C=O) groups excluding carboxylic acids is 1. The average molecular weight is 416 g/mol. The number of hydrogen-bond acceptors (Lipinski definition) is 5. The summed E-state index contributed by atoms with van der Waals surface area (Å²) in [4.78, 5) is 13.8. The fourth-order valence-corrected chi connectivity index (χ4v) is 3.96. The van der Waals surface area contributed by atoms with Crippen LogP contribution in [-0.2, 0) is 4.79 Å². The van der Waals surface area contributed by atoms with Gasteiger partial charge in [-0.1, -0.05) is 12.1 Å². The molecule has 1 unspecified atom stereocenters. The van der Waals surface area contributed by atoms with Crippen LogP contribution in [0, 0.1) is 0 Å². The Morgan fingerprint density at radius 1 is 1.03 bits per heavy atom. The van der Waals surface area contributed by atoms with Crippen LogP contribution in [0.1, 0.15) is 24.4 Å². The molecule has 1 amide bonds. The second kappa shape index (κ2) is 10.7. The molecule has 2 aromatic carbocycles. The molecule has 0 saturated carbocycles. The van der Waals surface area contributed by atoms with Gasteiger partial charge in [-0.05, 0) is 24.3 Å². The standard InChI is InChI=1S/C23H30N2O5/c1-27-17-10-11-18(22(15-17)29-3)19-7-6-13-25(19)16-23(26)24-12-14-30-21-9-5-4-8-20(21)28-2/h4-5,8-11,15,19H,6-7,12-14,16H2,1-3H3,(H,24,26)/p+1/t19-/m1/s1. The quantitative estimate of drug-likeness (QED) is 0.577. The number of nitrogens with one attached hydrogen (secondary N) is 2. The molecule has 1 fully saturated rings. The fraction of sp³-hybridized carbons (Fsp3) is 0.435. The number of amides is 1. The highest BCUT2D eigenvalue weighted by Crippen LogP contribution is 2.31. The van der Waals surface area contributed by atoms with Gasteiger partial charge >= 0.3 is 0 Å². The van der Waals surface area contributed by atoms with Crippen LogP contribution in [0.15, 0.2) is 42.5 Å². The van der Waals surface area contributed by atoms with Crippen LogP contribution < -0.4 is 29.2 Å². The van der Waals surface area contributed by atoms with Gasteiger partial charge in [0.15, 0.2) is 18.0 Å². The van der Waals surface area contributed by atoms with Gasteiger partial charge in [-0.3, -0.25) is 4.79 Å². The molecule has 7 nitrogen and oxygen atoms in total. The van der Waals surface area contributed by atoms with Gasteiger partial charge in [0.25, 0.3) is 5.91 Å². The number of rotatable bonds is 10. The SMILES string of the molecule is COc1ccc([C@H]2CCC[NH+]2CC(=O)NCCOc2ccccc2OC)c(OC)c1. The second-order valence-electron chi connectivity index (χ2n) is 7.24. The molecule has 3 rings (SSSR count). The largest absolute Gasteiger partial charge is 0.497 e. The summed E-state index contributed by atoms with van der Waals surface area (Å²) in [6.45, 7) is 2.22. The van der Waals surface area contributed by atoms with E-state index in [1.807, 2.05) is 42.5 Å². The van der Waals surface area contributed by atoms with Crippen LogP contribution in [-0.4, -0.2) is 53.5 Å². The number of methoxy groups -OCH3 is 3. The van der Waals surface area contributed by atoms with E-state index in [0.717, 1.165) is 36.4 Å². The smallest absolute Gasteiger partial charge is 0.275 e. The van der Waals surface area contributed by atoms with E-state index in [1.54, 1.807) is 21.3 Å². The third-order valence-corrected chi connectivity index (χ3v) is 5.44. The van der Waals surface area contributed by atoms with Gasteiger partial charge in [-0.15, -0.1) is 0 Å². The van der Waals surface area contributed by atoms with Crippen molar-refractivity contribution in [3.05, 3.63) is 48.0 Å². The van der Waals surface area contributed by atoms with Crippen molar-refractivity contribution in [2.24, 2.45) is 0 Å². The van der Waals surface area contributed by atoms with Crippen molar-refractivity contribution < 1.29 is 28.6 Å². The van der Waals surface area contributed by atoms with Crippen LogP contribution in [0.3, 0.4) is 0 Å². The molecule has 1 heterocycles. The van der Waals surface area contributed by atoms with Crippen LogP contribution >= 0.6 is 0 Å². The van der Waals surface area contributed by atoms with Crippen LogP contribution in [0.5, 0.6) is 23.0 Å². The summed E-state index contributed by atoms with van der Waals surface area (Å²) < 4.78 is 21.9. The summed E-state index contributed by atoms with van der Waals surface area (Å²) in [6, 6.07) is 13.6. The molecule has 0 aliphatic carbocycles. The maximum Gasteiger partial charge on any atom is 0.275 e. The lowest BCUT2D eigenvalue weighted by Crippen LogP contribution is -3.11. The van der Waals surface area contributed by atoms with E-state index in [9.17, 15) is 4.79 Å². The Kier molecular flexibility index (Phi) is 7.79. The molecule has 1 aliphatic heterocycles. The monoisotopic (exact) mass is 415 g/mol. The third-order valence-electron chi connectivity index (χ3n) is 5.44. The zero-order valence-corrected chi connectivity index (χ0v) is 17.9. The van der Waals surface area contributed by atoms with Crippen molar-refractivity contribution in [1.82, 2.24) is 5.32 Å². The van der Waals surface area contributed by atoms with E-state index in [2.05, 4.69) is 5.32 Å². The minimum atomic E-state index is 0.0213. The van der Waals surface area contributed by atoms with Crippen LogP contribution in [0.4, 0.5) is 0 Å². The summed E-state index contributed by atoms with van der Waals surface area (Å²) in [6.07, 6.45) is 2.11. The number of quaternary nitrogens is 1. The lowest BCUT2D eigenvalue weighted by molar-refractivity contribution is -0.910. The normalized spacial score (nSPS) is 18.0. The van der Waals surface area contributed by atoms with Gasteiger partial charge in [0.2, 0.25) is 0 Å². The first-order chi connectivity index (χ1) is 14.7. The van der Waals surface area contributed by atoms with Crippen LogP contribution in [0.2, 0.25) is 0 Å². The number of benzene rings is 2. The Bertz CT molecular complexity index is 842. The molecule has 7 heteroatoms. The molecule has 1 aliphatic rings. The zero-order chi connectivity index (χ0) is 21.3. The number of hydrogen-bond donors (Lipinski definition) is 2. The molecule has 2 atom stereocenters. The van der Waals surface area contributed by atoms with Crippen molar-refractivity contribution in [3.8, 4) is 23.0 Å². The maximum absolute atomic E-state index is 12.5. The molecule has 2 N–H and O–H groups in total. The number of carbonyl (C=O) groups is 1. The topological polar surface area (TPSA) is 70.5 Å². The van der Waals surface area contributed by atoms with Gasteiger partial charge in [-0.25, -0.2) is 0 Å². The molecule has 1 saturated heterocycles. The fourth-order valence-electron chi connectivity index (χ4n) is 3.96. The Balaban J connectivity index is 1.51. The van der Waals surface area contributed by atoms with Gasteiger partial charge < -0.3 is 29.2 Å². The Morgan fingerprint density at radius 3 is 2.53 bits per heavy atom. The average Bonchev–Trinajstić information content (AvgIpc) is 3.24. The van der Waals surface area contributed by atoms with E-state index < -0.39 is 0 Å². The predicted molar refractivity (Wildman–Crippen MR) is 114 cm³/mol. The highest BCUT2D eigenvalue weighted by atomic mass is 16.5. The maximum atomic E-state index is 12.5. The lowest BCUT2D eigenvalue weighted by Gasteiger charge is -2.23. The molecule has 0 bridgehead atoms. The summed E-state index contributed by atoms with van der Waals surface area (Å²) in [5.41, 5.74) is 1.12. The first-order valence-corrected chi connectivity index (χ1v) is 10.2. The Hall–Kier alpha value is -2.93. The van der Waals surface area contributed by atoms with Gasteiger partial charge in [0, 0.05) is 18.9 Å². The molecule has 162 valence electrons. The van der Waals surface area contributed by atoms with Crippen molar-refractivity contribution in [2.45, 2.75) is 18.9 Å². The predicted octanol–water partition coefficient (Wildman–Crippen LogP) is 1.63. The molecule has 0 spiro atoms. The lowest BCUT2D eigenvalue weighted by atomic mass is 10.0. The minimum absolute atomic E-state index is 0.0213. The second-order valence-corrected chi connectivity index (χ2v) is 7.24. The molecule has 30 heavy (non-hydrogen) atoms. The van der Waals surface area contributed by atoms with E-state index in [0.29, 0.717) is 31.2 Å². The number of para-hydroxylation sites is 2. The molecule has 0 radical (unpaired) electrons. The minimum Gasteiger partial charge on any atom is -0.497 e. The molecule has 0 aromatic heterocycles. The van der Waals surface area contributed by atoms with Crippen molar-refractivity contribution in [2.75, 3.05) is 47.6 Å². The van der Waals surface area contributed by atoms with E-state index >= 15 is 0 Å². The summed E-state index contributed by atoms with van der Waals surface area (Å²) in [5, 5.41) is 2.96. The summed E-state index contributed by atoms with van der Waals surface area (Å²) in [5.74, 6) is 2.95. The van der Waals surface area contributed by atoms with E-state index in [-0.39, 0.29) is 11.9 Å². The molecular formula is C23H31N2O5+. The zero-order valence-electron chi connectivity index (χ0n) is 17.9. The van der Waals surface area contributed by atoms with E-state index in [1.165, 1.54) is 4.90 Å². The number of ether oxygens (including phenoxy) is 4. The summed E-state index contributed by atoms with van der Waals surface area (Å²) in [7, 11) is 4.92. The Labute approximate surface area is 177 Å². The van der Waals surface area contributed by atoms with Gasteiger partial charge in [0.1, 0.15) is 24.1 Å². The van der Waals surface area contributed by atoms with Crippen LogP contribution in [0.25, 0.3) is 0 Å². The molecular weight excluding hydrogens is 384 g/mol. The highest BCUT2D eigenvalue weighted by Gasteiger charge is 2.33. The Morgan fingerprint density at radius 2 is 1.80 bits per heavy atom. The van der Waals surface area contributed by atoms with Gasteiger partial charge in [-0.2, -0.15) is 0 Å². The first kappa shape index (κ1) is 21.8. The van der Waals surface area contributed by atoms with E-state index in [4.69, 9.17) is 18.9 Å². The van der Waals surface area contributed by atoms with Crippen molar-refractivity contribution >= 4 is 5.91 Å². The summed E-state index contributed by atoms with van der Waals surface area (Å²) >= 11 is 0. The first-order valence-electron chi connectivity index (χ1n) is 10.2. The van der Waals surface area contributed by atoms with Gasteiger partial charge in [0.05, 0.1) is 40.0 Å². The van der Waals surface area contributed by atoms with Crippen molar-refractivity contribution in [1.29, 1.82) is 0 Å². The highest BCUT2D eigenvalue weighted by molar-refractivity contribution is 5.76. The molecule has 2 aromatic rings. The van der Waals surface area contributed by atoms with Crippen molar-refractivity contribution in [3.63, 3.8) is 0 Å². The third kappa shape index (κ3) is 5.36. The number of likely N-dealkylation sites (tertiary alicyclic amines) is 1.